The topological polar surface area (TPSA) is 166 Å². The summed E-state index contributed by atoms with van der Waals surface area (Å²) >= 11 is 0. The van der Waals surface area contributed by atoms with Gasteiger partial charge in [0.15, 0.2) is 0 Å². The summed E-state index contributed by atoms with van der Waals surface area (Å²) in [7, 11) is 0. The number of hydrogen-bond acceptors (Lipinski definition) is 8. The van der Waals surface area contributed by atoms with E-state index in [1.807, 2.05) is 0 Å². The minimum absolute atomic E-state index is 0. The Labute approximate surface area is 127 Å². The average Bonchev–Trinajstić information content (AvgIpc) is 2.16. The first kappa shape index (κ1) is 21.7. The zero-order chi connectivity index (χ0) is 13.1. The molecule has 0 amide bonds. The molecule has 17 heavy (non-hydrogen) atoms. The van der Waals surface area contributed by atoms with Crippen molar-refractivity contribution >= 4 is 62.2 Å². The first-order chi connectivity index (χ1) is 7.33. The number of aldehydes is 2. The molecule has 0 saturated heterocycles. The van der Waals surface area contributed by atoms with Gasteiger partial charge in [-0.25, -0.2) is 0 Å². The maximum Gasteiger partial charge on any atom is 2.00 e. The Kier molecular flexibility index (Phi) is 17.3. The molecule has 0 heterocycles. The van der Waals surface area contributed by atoms with E-state index in [2.05, 4.69) is 0 Å². The third-order valence-corrected chi connectivity index (χ3v) is 1.15. The maximum absolute atomic E-state index is 9.62. The van der Waals surface area contributed by atoms with Crippen molar-refractivity contribution in [2.24, 2.45) is 11.5 Å². The summed E-state index contributed by atoms with van der Waals surface area (Å²) < 4.78 is 0. The van der Waals surface area contributed by atoms with Crippen molar-refractivity contribution in [2.45, 2.75) is 24.9 Å². The summed E-state index contributed by atoms with van der Waals surface area (Å²) in [5.41, 5.74) is 9.77. The fraction of sp³-hybridized carbons (Fsp3) is 0.500. The summed E-state index contributed by atoms with van der Waals surface area (Å²) in [5.74, 6) is -2.60. The van der Waals surface area contributed by atoms with Crippen LogP contribution in [0.25, 0.3) is 0 Å². The van der Waals surface area contributed by atoms with Crippen molar-refractivity contribution in [3.8, 4) is 0 Å². The van der Waals surface area contributed by atoms with Crippen LogP contribution < -0.4 is 21.7 Å². The number of carboxylic acids is 2. The molecule has 8 nitrogen and oxygen atoms in total. The second kappa shape index (κ2) is 13.5. The van der Waals surface area contributed by atoms with Gasteiger partial charge in [0.1, 0.15) is 12.6 Å². The first-order valence-corrected chi connectivity index (χ1v) is 4.14. The standard InChI is InChI=1S/2C4H7NO3.Ca/c2*5-3(2-6)1-4(7)8;/h2*2-3H,1,5H2,(H,7,8);/q;;+2/p-2. The third-order valence-electron chi connectivity index (χ3n) is 1.15. The van der Waals surface area contributed by atoms with Crippen LogP contribution in [-0.4, -0.2) is 74.3 Å². The van der Waals surface area contributed by atoms with Gasteiger partial charge in [-0.3, -0.25) is 0 Å². The molecule has 2 unspecified atom stereocenters. The average molecular weight is 272 g/mol. The molecule has 0 spiro atoms. The predicted octanol–water partition coefficient (Wildman–Crippen LogP) is -5.08. The zero-order valence-electron chi connectivity index (χ0n) is 9.03. The summed E-state index contributed by atoms with van der Waals surface area (Å²) in [6, 6.07) is -1.83. The van der Waals surface area contributed by atoms with E-state index in [-0.39, 0.29) is 37.7 Å². The molecule has 0 radical (unpaired) electrons. The number of rotatable bonds is 6. The van der Waals surface area contributed by atoms with E-state index in [1.165, 1.54) is 0 Å². The SMILES string of the molecule is NC(C=O)CC(=O)[O-].NC(C=O)CC(=O)[O-].[Ca+2]. The summed E-state index contributed by atoms with van der Waals surface area (Å²) in [4.78, 5) is 38.5. The Morgan fingerprint density at radius 2 is 1.18 bits per heavy atom. The molecule has 0 saturated carbocycles. The number of carboxylic acid groups (broad SMARTS) is 2. The van der Waals surface area contributed by atoms with Crippen molar-refractivity contribution in [2.75, 3.05) is 0 Å². The summed E-state index contributed by atoms with van der Waals surface area (Å²) in [6.07, 6.45) is -0.0569. The predicted molar refractivity (Wildman–Crippen MR) is 53.1 cm³/mol. The molecule has 0 aromatic heterocycles. The van der Waals surface area contributed by atoms with E-state index in [0.717, 1.165) is 0 Å². The molecule has 0 aliphatic heterocycles. The van der Waals surface area contributed by atoms with E-state index in [0.29, 0.717) is 12.6 Å². The number of nitrogens with two attached hydrogens (primary N) is 2. The molecule has 0 aliphatic carbocycles. The summed E-state index contributed by atoms with van der Waals surface area (Å²) in [5, 5.41) is 19.2. The van der Waals surface area contributed by atoms with E-state index >= 15 is 0 Å². The molecule has 4 N–H and O–H groups in total. The molecule has 0 aromatic rings. The molecule has 92 valence electrons. The van der Waals surface area contributed by atoms with Crippen LogP contribution in [0.3, 0.4) is 0 Å². The Hall–Kier alpha value is -0.540. The number of carbonyl (C=O) groups is 4. The van der Waals surface area contributed by atoms with Gasteiger partial charge in [-0.2, -0.15) is 0 Å². The Balaban J connectivity index is -0.000000218. The quantitative estimate of drug-likeness (QED) is 0.357. The van der Waals surface area contributed by atoms with Gasteiger partial charge in [0, 0.05) is 24.8 Å². The minimum Gasteiger partial charge on any atom is -0.550 e. The van der Waals surface area contributed by atoms with Crippen LogP contribution in [0.4, 0.5) is 0 Å². The van der Waals surface area contributed by atoms with Gasteiger partial charge >= 0.3 is 37.7 Å². The van der Waals surface area contributed by atoms with Crippen LogP contribution in [0, 0.1) is 0 Å². The van der Waals surface area contributed by atoms with Crippen molar-refractivity contribution in [1.29, 1.82) is 0 Å². The van der Waals surface area contributed by atoms with E-state index < -0.39 is 36.9 Å². The second-order valence-corrected chi connectivity index (χ2v) is 2.75. The first-order valence-electron chi connectivity index (χ1n) is 4.14. The molecular formula is C8H12CaN2O6. The molecule has 0 rings (SSSR count). The molecule has 0 bridgehead atoms. The Morgan fingerprint density at radius 3 is 1.24 bits per heavy atom. The minimum atomic E-state index is -1.30. The zero-order valence-corrected chi connectivity index (χ0v) is 11.2. The molecule has 0 aliphatic rings. The van der Waals surface area contributed by atoms with Crippen molar-refractivity contribution < 1.29 is 29.4 Å². The van der Waals surface area contributed by atoms with Gasteiger partial charge < -0.3 is 40.9 Å². The van der Waals surface area contributed by atoms with Crippen LogP contribution in [0.2, 0.25) is 0 Å². The fourth-order valence-electron chi connectivity index (χ4n) is 0.481. The molecule has 9 heteroatoms. The van der Waals surface area contributed by atoms with Crippen LogP contribution >= 0.6 is 0 Å². The van der Waals surface area contributed by atoms with E-state index in [4.69, 9.17) is 11.5 Å². The molecule has 0 fully saturated rings. The Morgan fingerprint density at radius 1 is 0.941 bits per heavy atom. The number of carbonyl (C=O) groups excluding carboxylic acids is 4. The van der Waals surface area contributed by atoms with Crippen molar-refractivity contribution in [3.05, 3.63) is 0 Å². The van der Waals surface area contributed by atoms with Crippen molar-refractivity contribution in [3.63, 3.8) is 0 Å². The molecule has 2 atom stereocenters. The van der Waals surface area contributed by atoms with Gasteiger partial charge in [-0.05, 0) is 0 Å². The monoisotopic (exact) mass is 272 g/mol. The normalized spacial score (nSPS) is 11.9. The number of aliphatic carboxylic acids is 2. The van der Waals surface area contributed by atoms with Crippen LogP contribution in [0.15, 0.2) is 0 Å². The van der Waals surface area contributed by atoms with Gasteiger partial charge in [0.05, 0.1) is 12.1 Å². The van der Waals surface area contributed by atoms with Crippen LogP contribution in [0.5, 0.6) is 0 Å². The molecule has 0 aromatic carbocycles. The maximum atomic E-state index is 9.62. The summed E-state index contributed by atoms with van der Waals surface area (Å²) in [6.45, 7) is 0. The molecular weight excluding hydrogens is 260 g/mol. The Bertz CT molecular complexity index is 234. The van der Waals surface area contributed by atoms with Gasteiger partial charge in [0.2, 0.25) is 0 Å². The van der Waals surface area contributed by atoms with Crippen molar-refractivity contribution in [1.82, 2.24) is 0 Å². The fourth-order valence-corrected chi connectivity index (χ4v) is 0.481. The second-order valence-electron chi connectivity index (χ2n) is 2.75. The van der Waals surface area contributed by atoms with Gasteiger partial charge in [0.25, 0.3) is 0 Å². The van der Waals surface area contributed by atoms with Gasteiger partial charge in [-0.1, -0.05) is 0 Å². The third kappa shape index (κ3) is 21.3. The number of hydrogen-bond donors (Lipinski definition) is 2. The largest absolute Gasteiger partial charge is 2.00 e. The van der Waals surface area contributed by atoms with Crippen LogP contribution in [0.1, 0.15) is 12.8 Å². The smallest absolute Gasteiger partial charge is 0.550 e. The van der Waals surface area contributed by atoms with E-state index in [1.54, 1.807) is 0 Å². The van der Waals surface area contributed by atoms with Gasteiger partial charge in [-0.15, -0.1) is 0 Å². The van der Waals surface area contributed by atoms with Crippen LogP contribution in [-0.2, 0) is 19.2 Å². The van der Waals surface area contributed by atoms with E-state index in [9.17, 15) is 29.4 Å².